The number of carbonyl (C=O) groups excluding carboxylic acids is 1. The normalized spacial score (nSPS) is 16.2. The van der Waals surface area contributed by atoms with E-state index in [1.165, 1.54) is 23.5 Å². The van der Waals surface area contributed by atoms with Gasteiger partial charge in [-0.1, -0.05) is 0 Å². The maximum atomic E-state index is 12.3. The molecule has 3 rings (SSSR count). The topological polar surface area (TPSA) is 89.7 Å². The van der Waals surface area contributed by atoms with E-state index in [-0.39, 0.29) is 17.1 Å². The molecule has 1 aromatic carbocycles. The molecule has 1 heterocycles. The zero-order chi connectivity index (χ0) is 18.8. The van der Waals surface area contributed by atoms with Crippen LogP contribution in [0.2, 0.25) is 0 Å². The Hall–Kier alpha value is -2.93. The molecule has 1 atom stereocenters. The summed E-state index contributed by atoms with van der Waals surface area (Å²) in [5.41, 5.74) is 2.47. The first-order valence-corrected chi connectivity index (χ1v) is 8.81. The van der Waals surface area contributed by atoms with Crippen molar-refractivity contribution in [1.29, 1.82) is 0 Å². The molecular weight excluding hydrogens is 354 g/mol. The summed E-state index contributed by atoms with van der Waals surface area (Å²) >= 11 is 1.30. The van der Waals surface area contributed by atoms with Crippen LogP contribution in [-0.2, 0) is 4.74 Å². The lowest BCUT2D eigenvalue weighted by atomic mass is 10.0. The largest absolute Gasteiger partial charge is 0.507 e. The van der Waals surface area contributed by atoms with E-state index in [0.717, 1.165) is 21.6 Å². The first-order valence-electron chi connectivity index (χ1n) is 7.99. The maximum absolute atomic E-state index is 12.3. The minimum absolute atomic E-state index is 0.202. The first-order chi connectivity index (χ1) is 12.3. The van der Waals surface area contributed by atoms with Crippen LogP contribution in [-0.4, -0.2) is 22.0 Å². The first kappa shape index (κ1) is 17.9. The predicted molar refractivity (Wildman–Crippen MR) is 98.9 cm³/mol. The van der Waals surface area contributed by atoms with Crippen LogP contribution in [0, 0.1) is 24.0 Å². The highest BCUT2D eigenvalue weighted by atomic mass is 32.1. The van der Waals surface area contributed by atoms with Gasteiger partial charge in [0.25, 0.3) is 0 Å². The monoisotopic (exact) mass is 371 g/mol. The second kappa shape index (κ2) is 7.13. The minimum Gasteiger partial charge on any atom is -0.507 e. The number of hydrogen-bond acceptors (Lipinski definition) is 6. The molecule has 1 aromatic heterocycles. The third-order valence-electron chi connectivity index (χ3n) is 4.11. The number of rotatable bonds is 4. The molecule has 1 aliphatic rings. The summed E-state index contributed by atoms with van der Waals surface area (Å²) in [5.74, 6) is 0.0947. The molecular formula is C19H17NO5S. The number of hydrogen-bond donors (Lipinski definition) is 1. The van der Waals surface area contributed by atoms with Crippen LogP contribution in [0.1, 0.15) is 27.2 Å². The maximum Gasteiger partial charge on any atom is 0.353 e. The molecule has 0 amide bonds. The van der Waals surface area contributed by atoms with E-state index in [0.29, 0.717) is 10.6 Å². The van der Waals surface area contributed by atoms with Crippen molar-refractivity contribution in [2.45, 2.75) is 26.3 Å². The molecule has 2 aromatic rings. The zero-order valence-corrected chi connectivity index (χ0v) is 15.1. The average molecular weight is 371 g/mol. The van der Waals surface area contributed by atoms with E-state index in [2.05, 4.69) is 0 Å². The summed E-state index contributed by atoms with van der Waals surface area (Å²) in [5, 5.41) is 20.6. The minimum atomic E-state index is -0.772. The van der Waals surface area contributed by atoms with Gasteiger partial charge in [-0.3, -0.25) is 10.1 Å². The highest BCUT2D eigenvalue weighted by Gasteiger charge is 2.21. The highest BCUT2D eigenvalue weighted by Crippen LogP contribution is 2.33. The van der Waals surface area contributed by atoms with Gasteiger partial charge in [0.1, 0.15) is 16.4 Å². The van der Waals surface area contributed by atoms with Gasteiger partial charge in [0.2, 0.25) is 6.04 Å². The second-order valence-corrected chi connectivity index (χ2v) is 7.15. The molecule has 26 heavy (non-hydrogen) atoms. The molecule has 1 unspecified atom stereocenters. The number of ether oxygens (including phenoxy) is 1. The van der Waals surface area contributed by atoms with Crippen molar-refractivity contribution >= 4 is 17.3 Å². The number of benzene rings is 1. The fourth-order valence-electron chi connectivity index (χ4n) is 2.68. The Morgan fingerprint density at radius 1 is 1.31 bits per heavy atom. The van der Waals surface area contributed by atoms with E-state index in [1.54, 1.807) is 12.1 Å². The van der Waals surface area contributed by atoms with Crippen LogP contribution in [0.3, 0.4) is 0 Å². The number of phenols is 1. The average Bonchev–Trinajstić information content (AvgIpc) is 3.10. The van der Waals surface area contributed by atoms with Crippen molar-refractivity contribution < 1.29 is 19.6 Å². The van der Waals surface area contributed by atoms with Gasteiger partial charge in [0.05, 0.1) is 0 Å². The summed E-state index contributed by atoms with van der Waals surface area (Å²) < 4.78 is 5.30. The predicted octanol–water partition coefficient (Wildman–Crippen LogP) is 4.38. The molecule has 0 aliphatic heterocycles. The van der Waals surface area contributed by atoms with E-state index < -0.39 is 12.0 Å². The Morgan fingerprint density at radius 3 is 2.58 bits per heavy atom. The van der Waals surface area contributed by atoms with Crippen molar-refractivity contribution in [3.8, 4) is 16.2 Å². The number of aromatic hydroxyl groups is 1. The Bertz CT molecular complexity index is 918. The number of phenolic OH excluding ortho intramolecular Hbond substituents is 1. The number of nitrogens with zero attached hydrogens (tertiary/aromatic N) is 1. The molecule has 0 saturated carbocycles. The van der Waals surface area contributed by atoms with Gasteiger partial charge >= 0.3 is 5.97 Å². The quantitative estimate of drug-likeness (QED) is 0.489. The zero-order valence-electron chi connectivity index (χ0n) is 14.3. The third-order valence-corrected chi connectivity index (χ3v) is 5.22. The SMILES string of the molecule is Cc1cc(-c2ccc(C(=O)OC3=CCC([N+](=O)[O-])C=C3)s2)cc(C)c1O. The summed E-state index contributed by atoms with van der Waals surface area (Å²) in [6.07, 6.45) is 4.63. The molecule has 6 nitrogen and oxygen atoms in total. The second-order valence-electron chi connectivity index (χ2n) is 6.07. The van der Waals surface area contributed by atoms with E-state index in [1.807, 2.05) is 32.0 Å². The van der Waals surface area contributed by atoms with Gasteiger partial charge in [-0.15, -0.1) is 11.3 Å². The van der Waals surface area contributed by atoms with Crippen LogP contribution in [0.4, 0.5) is 0 Å². The molecule has 1 N–H and O–H groups in total. The summed E-state index contributed by atoms with van der Waals surface area (Å²) in [4.78, 5) is 24.0. The number of esters is 1. The van der Waals surface area contributed by atoms with Crippen LogP contribution in [0.15, 0.2) is 48.3 Å². The number of allylic oxidation sites excluding steroid dienone is 1. The van der Waals surface area contributed by atoms with Crippen molar-refractivity contribution in [2.75, 3.05) is 0 Å². The van der Waals surface area contributed by atoms with Crippen LogP contribution in [0.25, 0.3) is 10.4 Å². The molecule has 0 radical (unpaired) electrons. The van der Waals surface area contributed by atoms with E-state index in [9.17, 15) is 20.0 Å². The summed E-state index contributed by atoms with van der Waals surface area (Å²) in [6, 6.07) is 6.49. The molecule has 0 fully saturated rings. The van der Waals surface area contributed by atoms with E-state index in [4.69, 9.17) is 4.74 Å². The Morgan fingerprint density at radius 2 is 2.00 bits per heavy atom. The standard InChI is InChI=1S/C19H17NO5S/c1-11-9-13(10-12(2)18(11)21)16-7-8-17(26-16)19(22)25-15-5-3-14(4-6-15)20(23)24/h3,5-10,14,21H,4H2,1-2H3. The third kappa shape index (κ3) is 3.67. The Kier molecular flexibility index (Phi) is 4.90. The molecule has 0 spiro atoms. The van der Waals surface area contributed by atoms with Crippen LogP contribution >= 0.6 is 11.3 Å². The number of aryl methyl sites for hydroxylation is 2. The van der Waals surface area contributed by atoms with Crippen molar-refractivity contribution in [1.82, 2.24) is 0 Å². The smallest absolute Gasteiger partial charge is 0.353 e. The molecule has 134 valence electrons. The number of thiophene rings is 1. The lowest BCUT2D eigenvalue weighted by molar-refractivity contribution is -0.508. The van der Waals surface area contributed by atoms with Crippen molar-refractivity contribution in [2.24, 2.45) is 0 Å². The molecule has 0 saturated heterocycles. The van der Waals surface area contributed by atoms with Crippen molar-refractivity contribution in [3.05, 3.63) is 74.4 Å². The van der Waals surface area contributed by atoms with Crippen LogP contribution in [0.5, 0.6) is 5.75 Å². The van der Waals surface area contributed by atoms with Gasteiger partial charge in [-0.05, 0) is 73.0 Å². The van der Waals surface area contributed by atoms with Crippen LogP contribution < -0.4 is 0 Å². The van der Waals surface area contributed by atoms with E-state index >= 15 is 0 Å². The Balaban J connectivity index is 1.73. The Labute approximate surface area is 154 Å². The van der Waals surface area contributed by atoms with Gasteiger partial charge < -0.3 is 9.84 Å². The fraction of sp³-hybridized carbons (Fsp3) is 0.211. The van der Waals surface area contributed by atoms with Gasteiger partial charge in [-0.2, -0.15) is 0 Å². The van der Waals surface area contributed by atoms with Crippen molar-refractivity contribution in [3.63, 3.8) is 0 Å². The van der Waals surface area contributed by atoms with Gasteiger partial charge in [-0.25, -0.2) is 4.79 Å². The number of carbonyl (C=O) groups is 1. The number of nitro groups is 1. The lowest BCUT2D eigenvalue weighted by Gasteiger charge is -2.10. The summed E-state index contributed by atoms with van der Waals surface area (Å²) in [6.45, 7) is 3.66. The molecule has 0 bridgehead atoms. The fourth-order valence-corrected chi connectivity index (χ4v) is 3.55. The van der Waals surface area contributed by atoms with Gasteiger partial charge in [0, 0.05) is 16.2 Å². The highest BCUT2D eigenvalue weighted by molar-refractivity contribution is 7.17. The molecule has 1 aliphatic carbocycles. The van der Waals surface area contributed by atoms with Gasteiger partial charge in [0.15, 0.2) is 0 Å². The molecule has 7 heteroatoms. The lowest BCUT2D eigenvalue weighted by Crippen LogP contribution is -2.18. The summed E-state index contributed by atoms with van der Waals surface area (Å²) in [7, 11) is 0.